The Morgan fingerprint density at radius 1 is 1.21 bits per heavy atom. The molecule has 3 N–H and O–H groups in total. The van der Waals surface area contributed by atoms with Crippen LogP contribution in [0.15, 0.2) is 6.33 Å². The number of carboxylic acids is 1. The van der Waals surface area contributed by atoms with Crippen molar-refractivity contribution in [1.82, 2.24) is 9.97 Å². The topological polar surface area (TPSA) is 111 Å². The predicted octanol–water partition coefficient (Wildman–Crippen LogP) is 2.34. The lowest BCUT2D eigenvalue weighted by Crippen LogP contribution is -2.38. The second-order valence-electron chi connectivity index (χ2n) is 6.69. The van der Waals surface area contributed by atoms with Gasteiger partial charge in [-0.15, -0.1) is 0 Å². The Labute approximate surface area is 160 Å². The van der Waals surface area contributed by atoms with Gasteiger partial charge in [-0.3, -0.25) is 0 Å². The van der Waals surface area contributed by atoms with E-state index in [1.165, 1.54) is 32.0 Å². The van der Waals surface area contributed by atoms with Gasteiger partial charge in [0, 0.05) is 26.3 Å². The minimum Gasteiger partial charge on any atom is -0.490 e. The fraction of sp³-hybridized carbons (Fsp3) is 0.706. The summed E-state index contributed by atoms with van der Waals surface area (Å²) < 4.78 is 42.6. The van der Waals surface area contributed by atoms with Crippen LogP contribution in [0.2, 0.25) is 0 Å². The molecule has 1 aromatic heterocycles. The summed E-state index contributed by atoms with van der Waals surface area (Å²) in [5, 5.41) is 7.12. The number of ether oxygens (including phenoxy) is 2. The molecule has 0 atom stereocenters. The maximum atomic E-state index is 10.6. The summed E-state index contributed by atoms with van der Waals surface area (Å²) in [4.78, 5) is 19.5. The molecule has 0 amide bonds. The first-order valence-electron chi connectivity index (χ1n) is 9.01. The van der Waals surface area contributed by atoms with Gasteiger partial charge in [0.05, 0.1) is 7.11 Å². The molecule has 3 heterocycles. The van der Waals surface area contributed by atoms with E-state index in [0.717, 1.165) is 44.0 Å². The van der Waals surface area contributed by atoms with Crippen molar-refractivity contribution in [3.8, 4) is 5.75 Å². The standard InChI is InChI=1S/C15H24N4O2.C2HF3O2/c1-20-13-14(16)17-10-18-15(13)19-6-2-11(3-7-19)12-4-8-21-9-5-12;3-2(4,5)1(6)7/h10-12H,2-9H2,1H3,(H2,16,17,18);(H,6,7). The summed E-state index contributed by atoms with van der Waals surface area (Å²) in [5.41, 5.74) is 5.87. The van der Waals surface area contributed by atoms with Crippen LogP contribution < -0.4 is 15.4 Å². The Kier molecular flexibility index (Phi) is 7.67. The van der Waals surface area contributed by atoms with E-state index in [0.29, 0.717) is 11.6 Å². The van der Waals surface area contributed by atoms with E-state index in [4.69, 9.17) is 25.1 Å². The normalized spacial score (nSPS) is 18.9. The summed E-state index contributed by atoms with van der Waals surface area (Å²) in [6.07, 6.45) is 1.27. The van der Waals surface area contributed by atoms with Gasteiger partial charge in [0.1, 0.15) is 6.33 Å². The van der Waals surface area contributed by atoms with Crippen molar-refractivity contribution in [2.45, 2.75) is 31.9 Å². The third kappa shape index (κ3) is 5.85. The van der Waals surface area contributed by atoms with E-state index in [1.807, 2.05) is 0 Å². The van der Waals surface area contributed by atoms with Crippen molar-refractivity contribution in [2.75, 3.05) is 44.0 Å². The molecule has 8 nitrogen and oxygen atoms in total. The molecule has 2 aliphatic rings. The number of rotatable bonds is 3. The molecule has 0 aromatic carbocycles. The number of alkyl halides is 3. The number of hydrogen-bond donors (Lipinski definition) is 2. The molecule has 0 unspecified atom stereocenters. The van der Waals surface area contributed by atoms with E-state index >= 15 is 0 Å². The predicted molar refractivity (Wildman–Crippen MR) is 95.2 cm³/mol. The largest absolute Gasteiger partial charge is 0.490 e. The molecule has 2 saturated heterocycles. The maximum Gasteiger partial charge on any atom is 0.490 e. The average molecular weight is 406 g/mol. The zero-order chi connectivity index (χ0) is 20.7. The number of aromatic nitrogens is 2. The van der Waals surface area contributed by atoms with E-state index in [9.17, 15) is 13.2 Å². The number of nitrogens with two attached hydrogens (primary N) is 1. The highest BCUT2D eigenvalue weighted by atomic mass is 19.4. The molecule has 0 aliphatic carbocycles. The number of anilines is 2. The first-order valence-corrected chi connectivity index (χ1v) is 9.01. The van der Waals surface area contributed by atoms with Crippen molar-refractivity contribution < 1.29 is 32.5 Å². The van der Waals surface area contributed by atoms with Gasteiger partial charge in [0.15, 0.2) is 11.6 Å². The van der Waals surface area contributed by atoms with Gasteiger partial charge in [0.25, 0.3) is 0 Å². The van der Waals surface area contributed by atoms with Crippen LogP contribution >= 0.6 is 0 Å². The van der Waals surface area contributed by atoms with Gasteiger partial charge in [-0.1, -0.05) is 0 Å². The number of nitrogen functional groups attached to an aromatic ring is 1. The number of hydrogen-bond acceptors (Lipinski definition) is 7. The molecule has 0 saturated carbocycles. The lowest BCUT2D eigenvalue weighted by atomic mass is 9.80. The van der Waals surface area contributed by atoms with Crippen LogP contribution in [0.25, 0.3) is 0 Å². The molecule has 0 bridgehead atoms. The van der Waals surface area contributed by atoms with Crippen LogP contribution in [0, 0.1) is 11.8 Å². The minimum atomic E-state index is -5.08. The molecular formula is C17H25F3N4O4. The van der Waals surface area contributed by atoms with Crippen molar-refractivity contribution in [2.24, 2.45) is 11.8 Å². The molecular weight excluding hydrogens is 381 g/mol. The van der Waals surface area contributed by atoms with Gasteiger partial charge < -0.3 is 25.2 Å². The van der Waals surface area contributed by atoms with Gasteiger partial charge in [-0.05, 0) is 37.5 Å². The molecule has 3 rings (SSSR count). The molecule has 0 spiro atoms. The van der Waals surface area contributed by atoms with Crippen molar-refractivity contribution >= 4 is 17.6 Å². The Balaban J connectivity index is 0.000000345. The second kappa shape index (κ2) is 9.76. The van der Waals surface area contributed by atoms with Crippen LogP contribution in [0.5, 0.6) is 5.75 Å². The van der Waals surface area contributed by atoms with Crippen LogP contribution in [-0.2, 0) is 9.53 Å². The number of nitrogens with zero attached hydrogens (tertiary/aromatic N) is 3. The zero-order valence-electron chi connectivity index (χ0n) is 15.6. The van der Waals surface area contributed by atoms with Crippen molar-refractivity contribution in [3.63, 3.8) is 0 Å². The summed E-state index contributed by atoms with van der Waals surface area (Å²) >= 11 is 0. The highest BCUT2D eigenvalue weighted by Gasteiger charge is 2.38. The van der Waals surface area contributed by atoms with E-state index < -0.39 is 12.1 Å². The molecule has 2 fully saturated rings. The Morgan fingerprint density at radius 2 is 1.75 bits per heavy atom. The first kappa shape index (κ1) is 22.0. The fourth-order valence-corrected chi connectivity index (χ4v) is 3.57. The Morgan fingerprint density at radius 3 is 2.25 bits per heavy atom. The van der Waals surface area contributed by atoms with Crippen LogP contribution in [0.1, 0.15) is 25.7 Å². The Hall–Kier alpha value is -2.30. The smallest absolute Gasteiger partial charge is 0.490 e. The minimum absolute atomic E-state index is 0.411. The molecule has 28 heavy (non-hydrogen) atoms. The second-order valence-corrected chi connectivity index (χ2v) is 6.69. The molecule has 1 aromatic rings. The monoisotopic (exact) mass is 406 g/mol. The fourth-order valence-electron chi connectivity index (χ4n) is 3.57. The molecule has 2 aliphatic heterocycles. The van der Waals surface area contributed by atoms with Crippen molar-refractivity contribution in [1.29, 1.82) is 0 Å². The molecule has 158 valence electrons. The van der Waals surface area contributed by atoms with Gasteiger partial charge in [-0.25, -0.2) is 14.8 Å². The number of piperidine rings is 1. The van der Waals surface area contributed by atoms with E-state index in [1.54, 1.807) is 7.11 Å². The lowest BCUT2D eigenvalue weighted by molar-refractivity contribution is -0.192. The number of halogens is 3. The maximum absolute atomic E-state index is 10.6. The van der Waals surface area contributed by atoms with E-state index in [-0.39, 0.29) is 0 Å². The van der Waals surface area contributed by atoms with Gasteiger partial charge >= 0.3 is 12.1 Å². The molecule has 11 heteroatoms. The van der Waals surface area contributed by atoms with E-state index in [2.05, 4.69) is 14.9 Å². The zero-order valence-corrected chi connectivity index (χ0v) is 15.6. The lowest BCUT2D eigenvalue weighted by Gasteiger charge is -2.38. The summed E-state index contributed by atoms with van der Waals surface area (Å²) in [5.74, 6) is 0.729. The van der Waals surface area contributed by atoms with Crippen molar-refractivity contribution in [3.05, 3.63) is 6.33 Å². The van der Waals surface area contributed by atoms with Gasteiger partial charge in [0.2, 0.25) is 5.75 Å². The number of carbonyl (C=O) groups is 1. The highest BCUT2D eigenvalue weighted by molar-refractivity contribution is 5.73. The molecule has 0 radical (unpaired) electrons. The SMILES string of the molecule is COc1c(N)ncnc1N1CCC(C2CCOCC2)CC1.O=C(O)C(F)(F)F. The number of methoxy groups -OCH3 is 1. The summed E-state index contributed by atoms with van der Waals surface area (Å²) in [6, 6.07) is 0. The number of aliphatic carboxylic acids is 1. The number of carboxylic acid groups (broad SMARTS) is 1. The first-order chi connectivity index (χ1) is 13.2. The summed E-state index contributed by atoms with van der Waals surface area (Å²) in [6.45, 7) is 3.88. The third-order valence-corrected chi connectivity index (χ3v) is 5.03. The highest BCUT2D eigenvalue weighted by Crippen LogP contribution is 2.36. The van der Waals surface area contributed by atoms with Crippen LogP contribution in [0.3, 0.4) is 0 Å². The van der Waals surface area contributed by atoms with Crippen LogP contribution in [-0.4, -0.2) is 60.6 Å². The average Bonchev–Trinajstić information content (AvgIpc) is 2.68. The quantitative estimate of drug-likeness (QED) is 0.787. The third-order valence-electron chi connectivity index (χ3n) is 5.03. The van der Waals surface area contributed by atoms with Crippen LogP contribution in [0.4, 0.5) is 24.8 Å². The summed E-state index contributed by atoms with van der Waals surface area (Å²) in [7, 11) is 1.62. The van der Waals surface area contributed by atoms with Gasteiger partial charge in [-0.2, -0.15) is 13.2 Å². The Bertz CT molecular complexity index is 646.